The van der Waals surface area contributed by atoms with Crippen LogP contribution in [0.3, 0.4) is 0 Å². The lowest BCUT2D eigenvalue weighted by molar-refractivity contribution is 0.163. The molecule has 1 fully saturated rings. The molecule has 1 aliphatic heterocycles. The van der Waals surface area contributed by atoms with Gasteiger partial charge in [0.25, 0.3) is 0 Å². The molecule has 7 heteroatoms. The van der Waals surface area contributed by atoms with E-state index in [1.165, 1.54) is 18.2 Å². The zero-order valence-electron chi connectivity index (χ0n) is 13.6. The molecule has 0 spiro atoms. The SMILES string of the molecule is O=c1cc(CN2CCC[C@@H](n3cccn3)C2)c2cc(O)c(O)cc2o1. The number of hydrogen-bond acceptors (Lipinski definition) is 6. The average Bonchev–Trinajstić information content (AvgIpc) is 3.11. The number of phenols is 2. The molecule has 1 atom stereocenters. The van der Waals surface area contributed by atoms with Crippen LogP contribution in [0.25, 0.3) is 11.0 Å². The van der Waals surface area contributed by atoms with E-state index in [0.29, 0.717) is 18.0 Å². The van der Waals surface area contributed by atoms with Crippen LogP contribution in [0.2, 0.25) is 0 Å². The minimum Gasteiger partial charge on any atom is -0.504 e. The van der Waals surface area contributed by atoms with Crippen molar-refractivity contribution in [3.8, 4) is 11.5 Å². The fourth-order valence-corrected chi connectivity index (χ4v) is 3.51. The van der Waals surface area contributed by atoms with E-state index in [-0.39, 0.29) is 17.1 Å². The first-order chi connectivity index (χ1) is 12.1. The second kappa shape index (κ2) is 6.25. The standard InChI is InChI=1S/C18H19N3O4/c22-15-8-14-12(7-18(24)25-17(14)9-16(15)23)10-20-5-1-3-13(11-20)21-6-2-4-19-21/h2,4,6-9,13,22-23H,1,3,5,10-11H2/t13-/m1/s1. The zero-order valence-corrected chi connectivity index (χ0v) is 13.6. The molecular formula is C18H19N3O4. The summed E-state index contributed by atoms with van der Waals surface area (Å²) in [6, 6.07) is 6.41. The van der Waals surface area contributed by atoms with Gasteiger partial charge in [0.15, 0.2) is 11.5 Å². The topological polar surface area (TPSA) is 91.7 Å². The first-order valence-electron chi connectivity index (χ1n) is 8.30. The summed E-state index contributed by atoms with van der Waals surface area (Å²) in [5.74, 6) is -0.528. The van der Waals surface area contributed by atoms with Crippen molar-refractivity contribution >= 4 is 11.0 Å². The van der Waals surface area contributed by atoms with Crippen LogP contribution >= 0.6 is 0 Å². The van der Waals surface area contributed by atoms with Gasteiger partial charge in [0.2, 0.25) is 0 Å². The van der Waals surface area contributed by atoms with Gasteiger partial charge in [-0.05, 0) is 37.1 Å². The van der Waals surface area contributed by atoms with Crippen molar-refractivity contribution in [2.75, 3.05) is 13.1 Å². The number of nitrogens with zero attached hydrogens (tertiary/aromatic N) is 3. The smallest absolute Gasteiger partial charge is 0.336 e. The Morgan fingerprint density at radius 2 is 2.08 bits per heavy atom. The van der Waals surface area contributed by atoms with Crippen LogP contribution < -0.4 is 5.63 Å². The highest BCUT2D eigenvalue weighted by atomic mass is 16.4. The Morgan fingerprint density at radius 3 is 2.88 bits per heavy atom. The molecule has 0 bridgehead atoms. The van der Waals surface area contributed by atoms with Crippen molar-refractivity contribution in [3.63, 3.8) is 0 Å². The quantitative estimate of drug-likeness (QED) is 0.561. The van der Waals surface area contributed by atoms with E-state index < -0.39 is 5.63 Å². The maximum absolute atomic E-state index is 11.8. The van der Waals surface area contributed by atoms with Crippen LogP contribution in [0.15, 0.2) is 45.9 Å². The molecule has 2 aromatic heterocycles. The summed E-state index contributed by atoms with van der Waals surface area (Å²) >= 11 is 0. The Labute approximate surface area is 143 Å². The number of piperidine rings is 1. The number of aromatic hydroxyl groups is 2. The Balaban J connectivity index is 1.64. The van der Waals surface area contributed by atoms with Crippen molar-refractivity contribution in [1.82, 2.24) is 14.7 Å². The van der Waals surface area contributed by atoms with E-state index in [1.54, 1.807) is 6.20 Å². The highest BCUT2D eigenvalue weighted by Gasteiger charge is 2.22. The Morgan fingerprint density at radius 1 is 1.24 bits per heavy atom. The molecule has 7 nitrogen and oxygen atoms in total. The second-order valence-corrected chi connectivity index (χ2v) is 6.44. The van der Waals surface area contributed by atoms with E-state index in [9.17, 15) is 15.0 Å². The van der Waals surface area contributed by atoms with Crippen LogP contribution in [-0.4, -0.2) is 38.0 Å². The summed E-state index contributed by atoms with van der Waals surface area (Å²) in [5.41, 5.74) is 0.592. The predicted octanol–water partition coefficient (Wildman–Crippen LogP) is 2.24. The molecule has 130 valence electrons. The molecule has 3 heterocycles. The maximum atomic E-state index is 11.8. The van der Waals surface area contributed by atoms with Crippen molar-refractivity contribution < 1.29 is 14.6 Å². The summed E-state index contributed by atoms with van der Waals surface area (Å²) in [6.07, 6.45) is 5.88. The number of likely N-dealkylation sites (tertiary alicyclic amines) is 1. The van der Waals surface area contributed by atoms with E-state index in [2.05, 4.69) is 10.00 Å². The summed E-state index contributed by atoms with van der Waals surface area (Å²) in [5, 5.41) is 24.4. The first kappa shape index (κ1) is 15.7. The van der Waals surface area contributed by atoms with E-state index in [1.807, 2.05) is 16.9 Å². The van der Waals surface area contributed by atoms with Gasteiger partial charge in [-0.3, -0.25) is 9.58 Å². The van der Waals surface area contributed by atoms with Crippen LogP contribution in [0.4, 0.5) is 0 Å². The van der Waals surface area contributed by atoms with Gasteiger partial charge in [0.05, 0.1) is 6.04 Å². The Kier molecular flexibility index (Phi) is 3.93. The predicted molar refractivity (Wildman–Crippen MR) is 91.6 cm³/mol. The largest absolute Gasteiger partial charge is 0.504 e. The van der Waals surface area contributed by atoms with Gasteiger partial charge in [-0.25, -0.2) is 4.79 Å². The lowest BCUT2D eigenvalue weighted by atomic mass is 10.0. The summed E-state index contributed by atoms with van der Waals surface area (Å²) < 4.78 is 7.13. The van der Waals surface area contributed by atoms with Crippen LogP contribution in [0.1, 0.15) is 24.4 Å². The van der Waals surface area contributed by atoms with Crippen LogP contribution in [-0.2, 0) is 6.54 Å². The van der Waals surface area contributed by atoms with Gasteiger partial charge < -0.3 is 14.6 Å². The molecule has 1 aromatic carbocycles. The van der Waals surface area contributed by atoms with Gasteiger partial charge in [-0.15, -0.1) is 0 Å². The average molecular weight is 341 g/mol. The van der Waals surface area contributed by atoms with Crippen molar-refractivity contribution in [1.29, 1.82) is 0 Å². The molecule has 3 aromatic rings. The lowest BCUT2D eigenvalue weighted by Crippen LogP contribution is -2.36. The molecular weight excluding hydrogens is 322 g/mol. The third kappa shape index (κ3) is 3.10. The third-order valence-corrected chi connectivity index (χ3v) is 4.70. The minimum absolute atomic E-state index is 0.226. The fourth-order valence-electron chi connectivity index (χ4n) is 3.51. The van der Waals surface area contributed by atoms with Gasteiger partial charge in [0, 0.05) is 43.0 Å². The first-order valence-corrected chi connectivity index (χ1v) is 8.30. The lowest BCUT2D eigenvalue weighted by Gasteiger charge is -2.33. The van der Waals surface area contributed by atoms with Gasteiger partial charge in [0.1, 0.15) is 5.58 Å². The molecule has 0 saturated carbocycles. The molecule has 25 heavy (non-hydrogen) atoms. The second-order valence-electron chi connectivity index (χ2n) is 6.44. The van der Waals surface area contributed by atoms with Crippen molar-refractivity contribution in [3.05, 3.63) is 52.6 Å². The Bertz CT molecular complexity index is 949. The van der Waals surface area contributed by atoms with Gasteiger partial charge >= 0.3 is 5.63 Å². The van der Waals surface area contributed by atoms with Crippen LogP contribution in [0.5, 0.6) is 11.5 Å². The molecule has 0 amide bonds. The molecule has 1 saturated heterocycles. The molecule has 0 aliphatic carbocycles. The molecule has 0 unspecified atom stereocenters. The van der Waals surface area contributed by atoms with Gasteiger partial charge in [-0.2, -0.15) is 5.10 Å². The number of rotatable bonds is 3. The summed E-state index contributed by atoms with van der Waals surface area (Å²) in [4.78, 5) is 14.1. The molecule has 4 rings (SSSR count). The zero-order chi connectivity index (χ0) is 17.4. The Hall–Kier alpha value is -2.80. The molecule has 2 N–H and O–H groups in total. The number of aromatic nitrogens is 2. The van der Waals surface area contributed by atoms with Crippen molar-refractivity contribution in [2.45, 2.75) is 25.4 Å². The minimum atomic E-state index is -0.465. The number of benzene rings is 1. The highest BCUT2D eigenvalue weighted by Crippen LogP contribution is 2.32. The van der Waals surface area contributed by atoms with E-state index in [4.69, 9.17) is 4.42 Å². The highest BCUT2D eigenvalue weighted by molar-refractivity contribution is 5.83. The maximum Gasteiger partial charge on any atom is 0.336 e. The third-order valence-electron chi connectivity index (χ3n) is 4.70. The van der Waals surface area contributed by atoms with Crippen molar-refractivity contribution in [2.24, 2.45) is 0 Å². The monoisotopic (exact) mass is 341 g/mol. The number of hydrogen-bond donors (Lipinski definition) is 2. The normalized spacial score (nSPS) is 18.6. The number of phenolic OH excluding ortho intramolecular Hbond substituents is 2. The van der Waals surface area contributed by atoms with E-state index >= 15 is 0 Å². The number of fused-ring (bicyclic) bond motifs is 1. The molecule has 1 aliphatic rings. The van der Waals surface area contributed by atoms with Gasteiger partial charge in [-0.1, -0.05) is 0 Å². The molecule has 0 radical (unpaired) electrons. The summed E-state index contributed by atoms with van der Waals surface area (Å²) in [6.45, 7) is 2.35. The van der Waals surface area contributed by atoms with Crippen LogP contribution in [0, 0.1) is 0 Å². The van der Waals surface area contributed by atoms with E-state index in [0.717, 1.165) is 31.5 Å². The fraction of sp³-hybridized carbons (Fsp3) is 0.333. The summed E-state index contributed by atoms with van der Waals surface area (Å²) in [7, 11) is 0.